The zero-order valence-electron chi connectivity index (χ0n) is 16.3. The highest BCUT2D eigenvalue weighted by Crippen LogP contribution is 2.34. The Morgan fingerprint density at radius 3 is 2.42 bits per heavy atom. The van der Waals surface area contributed by atoms with Crippen LogP contribution in [0.15, 0.2) is 82.2 Å². The molecule has 3 aromatic rings. The van der Waals surface area contributed by atoms with Crippen molar-refractivity contribution in [1.29, 1.82) is 0 Å². The van der Waals surface area contributed by atoms with Crippen LogP contribution in [0.5, 0.6) is 11.5 Å². The van der Waals surface area contributed by atoms with Gasteiger partial charge >= 0.3 is 0 Å². The summed E-state index contributed by atoms with van der Waals surface area (Å²) >= 11 is 3.37. The number of halogens is 1. The minimum absolute atomic E-state index is 0.0546. The summed E-state index contributed by atoms with van der Waals surface area (Å²) in [6.45, 7) is -0.163. The first kappa shape index (κ1) is 21.4. The first-order chi connectivity index (χ1) is 14.9. The molecule has 0 fully saturated rings. The van der Waals surface area contributed by atoms with Gasteiger partial charge in [0, 0.05) is 22.8 Å². The van der Waals surface area contributed by atoms with Gasteiger partial charge in [-0.25, -0.2) is 8.42 Å². The molecule has 0 aromatic heterocycles. The smallest absolute Gasteiger partial charge is 0.243 e. The van der Waals surface area contributed by atoms with Crippen molar-refractivity contribution in [3.05, 3.63) is 82.8 Å². The number of benzene rings is 3. The maximum absolute atomic E-state index is 13.2. The van der Waals surface area contributed by atoms with Crippen molar-refractivity contribution in [2.45, 2.75) is 11.4 Å². The van der Waals surface area contributed by atoms with Crippen LogP contribution < -0.4 is 14.8 Å². The highest BCUT2D eigenvalue weighted by atomic mass is 79.9. The van der Waals surface area contributed by atoms with Crippen LogP contribution in [0.2, 0.25) is 0 Å². The van der Waals surface area contributed by atoms with E-state index in [-0.39, 0.29) is 24.8 Å². The van der Waals surface area contributed by atoms with E-state index < -0.39 is 15.9 Å². The Labute approximate surface area is 188 Å². The molecule has 0 unspecified atom stereocenters. The second-order valence-electron chi connectivity index (χ2n) is 6.83. The molecule has 1 heterocycles. The number of anilines is 1. The summed E-state index contributed by atoms with van der Waals surface area (Å²) < 4.78 is 39.1. The predicted molar refractivity (Wildman–Crippen MR) is 119 cm³/mol. The molecule has 9 heteroatoms. The summed E-state index contributed by atoms with van der Waals surface area (Å²) in [5.41, 5.74) is 1.26. The summed E-state index contributed by atoms with van der Waals surface area (Å²) in [5.74, 6) is 0.665. The summed E-state index contributed by atoms with van der Waals surface area (Å²) in [6, 6.07) is 20.4. The average Bonchev–Trinajstić information content (AvgIpc) is 3.23. The summed E-state index contributed by atoms with van der Waals surface area (Å²) in [5, 5.41) is 2.73. The van der Waals surface area contributed by atoms with Crippen LogP contribution in [-0.2, 0) is 21.4 Å². The Hall–Kier alpha value is -2.88. The number of rotatable bonds is 7. The SMILES string of the molecule is O=C(CN(Cc1ccc(Br)cc1)S(=O)(=O)c1ccccc1)Nc1ccc2c(c1)OCO2. The third-order valence-corrected chi connectivity index (χ3v) is 6.96. The van der Waals surface area contributed by atoms with Gasteiger partial charge in [-0.1, -0.05) is 46.3 Å². The van der Waals surface area contributed by atoms with Gasteiger partial charge in [0.1, 0.15) is 0 Å². The number of hydrogen-bond donors (Lipinski definition) is 1. The van der Waals surface area contributed by atoms with E-state index >= 15 is 0 Å². The van der Waals surface area contributed by atoms with E-state index in [4.69, 9.17) is 9.47 Å². The Bertz CT molecular complexity index is 1180. The molecule has 0 aliphatic carbocycles. The summed E-state index contributed by atoms with van der Waals surface area (Å²) in [6.07, 6.45) is 0. The zero-order valence-corrected chi connectivity index (χ0v) is 18.7. The number of nitrogens with one attached hydrogen (secondary N) is 1. The molecule has 1 aliphatic rings. The maximum Gasteiger partial charge on any atom is 0.243 e. The van der Waals surface area contributed by atoms with Crippen molar-refractivity contribution in [2.24, 2.45) is 0 Å². The fourth-order valence-corrected chi connectivity index (χ4v) is 4.77. The van der Waals surface area contributed by atoms with Gasteiger partial charge in [0.05, 0.1) is 11.4 Å². The molecule has 1 aliphatic heterocycles. The van der Waals surface area contributed by atoms with Crippen LogP contribution in [0.3, 0.4) is 0 Å². The largest absolute Gasteiger partial charge is 0.454 e. The first-order valence-corrected chi connectivity index (χ1v) is 11.6. The third kappa shape index (κ3) is 5.07. The number of fused-ring (bicyclic) bond motifs is 1. The van der Waals surface area contributed by atoms with Crippen LogP contribution >= 0.6 is 15.9 Å². The molecule has 0 saturated carbocycles. The molecule has 1 amide bonds. The lowest BCUT2D eigenvalue weighted by molar-refractivity contribution is -0.116. The van der Waals surface area contributed by atoms with Gasteiger partial charge in [0.25, 0.3) is 0 Å². The maximum atomic E-state index is 13.2. The van der Waals surface area contributed by atoms with Crippen molar-refractivity contribution >= 4 is 37.5 Å². The summed E-state index contributed by atoms with van der Waals surface area (Å²) in [4.78, 5) is 12.9. The van der Waals surface area contributed by atoms with Gasteiger partial charge < -0.3 is 14.8 Å². The Balaban J connectivity index is 1.56. The highest BCUT2D eigenvalue weighted by molar-refractivity contribution is 9.10. The molecule has 160 valence electrons. The lowest BCUT2D eigenvalue weighted by Gasteiger charge is -2.22. The molecular formula is C22H19BrN2O5S. The number of carbonyl (C=O) groups excluding carboxylic acids is 1. The van der Waals surface area contributed by atoms with Gasteiger partial charge in [-0.3, -0.25) is 4.79 Å². The van der Waals surface area contributed by atoms with Gasteiger partial charge in [0.15, 0.2) is 11.5 Å². The van der Waals surface area contributed by atoms with Crippen LogP contribution in [0.25, 0.3) is 0 Å². The number of ether oxygens (including phenoxy) is 2. The lowest BCUT2D eigenvalue weighted by Crippen LogP contribution is -2.37. The molecule has 0 saturated heterocycles. The van der Waals surface area contributed by atoms with Crippen LogP contribution in [-0.4, -0.2) is 32.0 Å². The number of hydrogen-bond acceptors (Lipinski definition) is 5. The lowest BCUT2D eigenvalue weighted by atomic mass is 10.2. The number of nitrogens with zero attached hydrogens (tertiary/aromatic N) is 1. The van der Waals surface area contributed by atoms with Crippen molar-refractivity contribution in [3.8, 4) is 11.5 Å². The molecule has 7 nitrogen and oxygen atoms in total. The Morgan fingerprint density at radius 2 is 1.68 bits per heavy atom. The van der Waals surface area contributed by atoms with E-state index in [1.165, 1.54) is 12.1 Å². The van der Waals surface area contributed by atoms with E-state index in [0.29, 0.717) is 17.2 Å². The van der Waals surface area contributed by atoms with Crippen molar-refractivity contribution in [3.63, 3.8) is 0 Å². The monoisotopic (exact) mass is 502 g/mol. The minimum atomic E-state index is -3.89. The van der Waals surface area contributed by atoms with Crippen molar-refractivity contribution in [2.75, 3.05) is 18.7 Å². The number of carbonyl (C=O) groups is 1. The molecule has 31 heavy (non-hydrogen) atoms. The van der Waals surface area contributed by atoms with E-state index in [1.807, 2.05) is 24.3 Å². The second kappa shape index (κ2) is 9.09. The summed E-state index contributed by atoms with van der Waals surface area (Å²) in [7, 11) is -3.89. The molecule has 0 atom stereocenters. The Kier molecular flexibility index (Phi) is 6.26. The molecule has 4 rings (SSSR count). The molecule has 0 bridgehead atoms. The molecule has 1 N–H and O–H groups in total. The minimum Gasteiger partial charge on any atom is -0.454 e. The van der Waals surface area contributed by atoms with E-state index in [0.717, 1.165) is 14.3 Å². The molecule has 0 radical (unpaired) electrons. The third-order valence-electron chi connectivity index (χ3n) is 4.63. The predicted octanol–water partition coefficient (Wildman–Crippen LogP) is 4.01. The van der Waals surface area contributed by atoms with E-state index in [9.17, 15) is 13.2 Å². The van der Waals surface area contributed by atoms with Gasteiger partial charge in [0.2, 0.25) is 22.7 Å². The standard InChI is InChI=1S/C22H19BrN2O5S/c23-17-8-6-16(7-9-17)13-25(31(27,28)19-4-2-1-3-5-19)14-22(26)24-18-10-11-20-21(12-18)30-15-29-20/h1-12H,13-15H2,(H,24,26). The van der Waals surface area contributed by atoms with E-state index in [2.05, 4.69) is 21.2 Å². The number of amides is 1. The van der Waals surface area contributed by atoms with E-state index in [1.54, 1.807) is 36.4 Å². The van der Waals surface area contributed by atoms with Crippen molar-refractivity contribution in [1.82, 2.24) is 4.31 Å². The van der Waals surface area contributed by atoms with Gasteiger partial charge in [-0.2, -0.15) is 4.31 Å². The highest BCUT2D eigenvalue weighted by Gasteiger charge is 2.27. The normalized spacial score (nSPS) is 12.7. The molecule has 3 aromatic carbocycles. The fraction of sp³-hybridized carbons (Fsp3) is 0.136. The average molecular weight is 503 g/mol. The van der Waals surface area contributed by atoms with Crippen LogP contribution in [0, 0.1) is 0 Å². The topological polar surface area (TPSA) is 84.9 Å². The van der Waals surface area contributed by atoms with Gasteiger partial charge in [-0.15, -0.1) is 0 Å². The first-order valence-electron chi connectivity index (χ1n) is 9.41. The second-order valence-corrected chi connectivity index (χ2v) is 9.68. The van der Waals surface area contributed by atoms with Crippen LogP contribution in [0.4, 0.5) is 5.69 Å². The fourth-order valence-electron chi connectivity index (χ4n) is 3.10. The molecular weight excluding hydrogens is 484 g/mol. The quantitative estimate of drug-likeness (QED) is 0.527. The zero-order chi connectivity index (χ0) is 21.8. The van der Waals surface area contributed by atoms with Crippen molar-refractivity contribution < 1.29 is 22.7 Å². The van der Waals surface area contributed by atoms with Crippen LogP contribution in [0.1, 0.15) is 5.56 Å². The molecule has 0 spiro atoms. The van der Waals surface area contributed by atoms with Gasteiger partial charge in [-0.05, 0) is 42.0 Å². The number of sulfonamides is 1. The Morgan fingerprint density at radius 1 is 0.968 bits per heavy atom.